The van der Waals surface area contributed by atoms with Crippen LogP contribution in [0.2, 0.25) is 5.02 Å². The van der Waals surface area contributed by atoms with Crippen molar-refractivity contribution >= 4 is 33.5 Å². The molecule has 1 amide bonds. The number of carbonyl (C=O) groups is 2. The molecule has 0 saturated heterocycles. The van der Waals surface area contributed by atoms with Crippen molar-refractivity contribution in [2.45, 2.75) is 50.5 Å². The van der Waals surface area contributed by atoms with Crippen molar-refractivity contribution in [3.63, 3.8) is 0 Å². The third kappa shape index (κ3) is 5.43. The average Bonchev–Trinajstić information content (AvgIpc) is 3.13. The maximum atomic E-state index is 12.7. The molecule has 150 valence electrons. The summed E-state index contributed by atoms with van der Waals surface area (Å²) in [6.45, 7) is 3.60. The number of amides is 1. The first-order chi connectivity index (χ1) is 12.8. The lowest BCUT2D eigenvalue weighted by Crippen LogP contribution is -2.36. The van der Waals surface area contributed by atoms with Crippen molar-refractivity contribution in [2.75, 3.05) is 19.7 Å². The fourth-order valence-electron chi connectivity index (χ4n) is 3.08. The molecule has 1 aromatic carbocycles. The Labute approximate surface area is 165 Å². The van der Waals surface area contributed by atoms with Gasteiger partial charge in [-0.15, -0.1) is 0 Å². The first kappa shape index (κ1) is 21.7. The van der Waals surface area contributed by atoms with Crippen LogP contribution in [0.3, 0.4) is 0 Å². The normalized spacial score (nSPS) is 15.1. The van der Waals surface area contributed by atoms with Crippen LogP contribution in [0.4, 0.5) is 0 Å². The van der Waals surface area contributed by atoms with E-state index in [0.717, 1.165) is 25.7 Å². The Balaban J connectivity index is 2.07. The van der Waals surface area contributed by atoms with E-state index in [4.69, 9.17) is 16.3 Å². The fraction of sp³-hybridized carbons (Fsp3) is 0.556. The second kappa shape index (κ2) is 9.52. The zero-order valence-corrected chi connectivity index (χ0v) is 17.1. The second-order valence-corrected chi connectivity index (χ2v) is 8.67. The van der Waals surface area contributed by atoms with E-state index in [1.54, 1.807) is 13.8 Å². The molecule has 0 aliphatic heterocycles. The van der Waals surface area contributed by atoms with Crippen molar-refractivity contribution in [3.05, 3.63) is 28.8 Å². The van der Waals surface area contributed by atoms with Crippen LogP contribution in [0.15, 0.2) is 23.1 Å². The van der Waals surface area contributed by atoms with Gasteiger partial charge in [-0.1, -0.05) is 38.3 Å². The average molecular weight is 417 g/mol. The number of esters is 1. The number of rotatable bonds is 8. The smallest absolute Gasteiger partial charge is 0.338 e. The summed E-state index contributed by atoms with van der Waals surface area (Å²) in [7, 11) is -3.82. The van der Waals surface area contributed by atoms with E-state index < -0.39 is 22.6 Å². The lowest BCUT2D eigenvalue weighted by Gasteiger charge is -2.19. The van der Waals surface area contributed by atoms with Crippen LogP contribution in [-0.4, -0.2) is 50.3 Å². The number of benzene rings is 1. The van der Waals surface area contributed by atoms with Gasteiger partial charge >= 0.3 is 5.97 Å². The summed E-state index contributed by atoms with van der Waals surface area (Å²) in [5, 5.41) is 2.85. The molecule has 1 saturated carbocycles. The quantitative estimate of drug-likeness (QED) is 0.657. The van der Waals surface area contributed by atoms with E-state index in [2.05, 4.69) is 5.32 Å². The van der Waals surface area contributed by atoms with Gasteiger partial charge in [0.1, 0.15) is 4.90 Å². The van der Waals surface area contributed by atoms with Gasteiger partial charge < -0.3 is 10.1 Å². The molecule has 0 bridgehead atoms. The molecule has 0 spiro atoms. The van der Waals surface area contributed by atoms with Crippen LogP contribution in [-0.2, 0) is 19.6 Å². The van der Waals surface area contributed by atoms with Crippen molar-refractivity contribution in [1.29, 1.82) is 0 Å². The number of nitrogens with one attached hydrogen (secondary N) is 1. The number of hydrogen-bond acceptors (Lipinski definition) is 5. The molecule has 1 aliphatic rings. The largest absolute Gasteiger partial charge is 0.452 e. The van der Waals surface area contributed by atoms with Gasteiger partial charge in [0.15, 0.2) is 6.61 Å². The van der Waals surface area contributed by atoms with Gasteiger partial charge in [-0.2, -0.15) is 4.31 Å². The topological polar surface area (TPSA) is 92.8 Å². The van der Waals surface area contributed by atoms with Crippen molar-refractivity contribution in [2.24, 2.45) is 0 Å². The summed E-state index contributed by atoms with van der Waals surface area (Å²) in [6.07, 6.45) is 4.03. The monoisotopic (exact) mass is 416 g/mol. The Morgan fingerprint density at radius 2 is 1.85 bits per heavy atom. The van der Waals surface area contributed by atoms with E-state index in [1.807, 2.05) is 0 Å². The van der Waals surface area contributed by atoms with E-state index in [9.17, 15) is 18.0 Å². The second-order valence-electron chi connectivity index (χ2n) is 6.36. The van der Waals surface area contributed by atoms with Gasteiger partial charge in [-0.3, -0.25) is 4.79 Å². The predicted octanol–water partition coefficient (Wildman–Crippen LogP) is 2.59. The number of nitrogens with zero attached hydrogens (tertiary/aromatic N) is 1. The maximum absolute atomic E-state index is 12.7. The van der Waals surface area contributed by atoms with Gasteiger partial charge in [0.05, 0.1) is 10.6 Å². The highest BCUT2D eigenvalue weighted by atomic mass is 35.5. The first-order valence-corrected chi connectivity index (χ1v) is 10.9. The molecule has 0 atom stereocenters. The highest BCUT2D eigenvalue weighted by molar-refractivity contribution is 7.89. The van der Waals surface area contributed by atoms with Crippen LogP contribution >= 0.6 is 11.6 Å². The van der Waals surface area contributed by atoms with E-state index in [0.29, 0.717) is 0 Å². The molecular weight excluding hydrogens is 392 g/mol. The van der Waals surface area contributed by atoms with Crippen LogP contribution < -0.4 is 5.32 Å². The van der Waals surface area contributed by atoms with Crippen molar-refractivity contribution < 1.29 is 22.7 Å². The van der Waals surface area contributed by atoms with Gasteiger partial charge in [0, 0.05) is 19.1 Å². The minimum absolute atomic E-state index is 0.0254. The summed E-state index contributed by atoms with van der Waals surface area (Å²) in [6, 6.07) is 4.04. The third-order valence-electron chi connectivity index (χ3n) is 4.54. The van der Waals surface area contributed by atoms with Crippen LogP contribution in [0.1, 0.15) is 49.9 Å². The highest BCUT2D eigenvalue weighted by Gasteiger charge is 2.26. The lowest BCUT2D eigenvalue weighted by atomic mass is 10.2. The van der Waals surface area contributed by atoms with Crippen LogP contribution in [0, 0.1) is 0 Å². The number of carbonyl (C=O) groups excluding carboxylic acids is 2. The lowest BCUT2D eigenvalue weighted by molar-refractivity contribution is -0.124. The molecule has 27 heavy (non-hydrogen) atoms. The minimum atomic E-state index is -3.82. The molecule has 1 aliphatic carbocycles. The summed E-state index contributed by atoms with van der Waals surface area (Å²) in [5.74, 6) is -1.13. The van der Waals surface area contributed by atoms with Crippen molar-refractivity contribution in [1.82, 2.24) is 9.62 Å². The number of hydrogen-bond donors (Lipinski definition) is 1. The van der Waals surface area contributed by atoms with Crippen LogP contribution in [0.5, 0.6) is 0 Å². The van der Waals surface area contributed by atoms with E-state index in [-0.39, 0.29) is 40.5 Å². The molecule has 0 aromatic heterocycles. The van der Waals surface area contributed by atoms with Crippen molar-refractivity contribution in [3.8, 4) is 0 Å². The predicted molar refractivity (Wildman–Crippen MR) is 102 cm³/mol. The van der Waals surface area contributed by atoms with Gasteiger partial charge in [0.2, 0.25) is 10.0 Å². The highest BCUT2D eigenvalue weighted by Crippen LogP contribution is 2.26. The fourth-order valence-corrected chi connectivity index (χ4v) is 5.04. The molecule has 0 heterocycles. The number of ether oxygens (including phenoxy) is 1. The van der Waals surface area contributed by atoms with Gasteiger partial charge in [-0.05, 0) is 31.0 Å². The zero-order valence-electron chi connectivity index (χ0n) is 15.5. The molecule has 9 heteroatoms. The molecule has 1 fully saturated rings. The minimum Gasteiger partial charge on any atom is -0.452 e. The van der Waals surface area contributed by atoms with Gasteiger partial charge in [-0.25, -0.2) is 13.2 Å². The standard InChI is InChI=1S/C18H25ClN2O5S/c1-3-21(4-2)27(24,25)16-11-13(9-10-15(16)19)18(23)26-12-17(22)20-14-7-5-6-8-14/h9-11,14H,3-8,12H2,1-2H3,(H,20,22). The van der Waals surface area contributed by atoms with E-state index in [1.165, 1.54) is 22.5 Å². The summed E-state index contributed by atoms with van der Waals surface area (Å²) in [5.41, 5.74) is 0.0267. The van der Waals surface area contributed by atoms with Gasteiger partial charge in [0.25, 0.3) is 5.91 Å². The van der Waals surface area contributed by atoms with Crippen LogP contribution in [0.25, 0.3) is 0 Å². The summed E-state index contributed by atoms with van der Waals surface area (Å²) in [4.78, 5) is 23.9. The summed E-state index contributed by atoms with van der Waals surface area (Å²) < 4.78 is 31.6. The zero-order chi connectivity index (χ0) is 20.0. The Morgan fingerprint density at radius 1 is 1.22 bits per heavy atom. The first-order valence-electron chi connectivity index (χ1n) is 9.05. The summed E-state index contributed by atoms with van der Waals surface area (Å²) >= 11 is 6.04. The molecule has 0 radical (unpaired) electrons. The molecule has 7 nitrogen and oxygen atoms in total. The molecule has 1 N–H and O–H groups in total. The number of halogens is 1. The maximum Gasteiger partial charge on any atom is 0.338 e. The molecule has 0 unspecified atom stereocenters. The Bertz CT molecular complexity index is 787. The Kier molecular flexibility index (Phi) is 7.64. The third-order valence-corrected chi connectivity index (χ3v) is 7.08. The van der Waals surface area contributed by atoms with E-state index >= 15 is 0 Å². The molecule has 2 rings (SSSR count). The number of sulfonamides is 1. The molecular formula is C18H25ClN2O5S. The molecule has 1 aromatic rings. The Morgan fingerprint density at radius 3 is 2.44 bits per heavy atom. The Hall–Kier alpha value is -1.64. The SMILES string of the molecule is CCN(CC)S(=O)(=O)c1cc(C(=O)OCC(=O)NC2CCCC2)ccc1Cl.